The number of carbonyl (C=O) groups is 2. The zero-order chi connectivity index (χ0) is 12.8. The minimum atomic E-state index is -0.544. The Kier molecular flexibility index (Phi) is 4.63. The largest absolute Gasteiger partial charge is 0.370 e. The van der Waals surface area contributed by atoms with E-state index < -0.39 is 17.6 Å². The van der Waals surface area contributed by atoms with Crippen LogP contribution in [0, 0.1) is 12.7 Å². The number of primary amides is 1. The summed E-state index contributed by atoms with van der Waals surface area (Å²) in [6, 6.07) is 4.41. The second kappa shape index (κ2) is 5.98. The average Bonchev–Trinajstić information content (AvgIpc) is 2.23. The standard InChI is InChI=1S/C12H15FN2O2/c1-8-4-5-9(10(13)7-8)12(17)15-6-2-3-11(14)16/h4-5,7H,2-3,6H2,1H3,(H2,14,16)(H,15,17). The zero-order valence-corrected chi connectivity index (χ0v) is 9.63. The molecule has 0 unspecified atom stereocenters. The Morgan fingerprint density at radius 3 is 2.71 bits per heavy atom. The van der Waals surface area contributed by atoms with Gasteiger partial charge in [-0.25, -0.2) is 4.39 Å². The van der Waals surface area contributed by atoms with Gasteiger partial charge < -0.3 is 11.1 Å². The van der Waals surface area contributed by atoms with Crippen molar-refractivity contribution >= 4 is 11.8 Å². The summed E-state index contributed by atoms with van der Waals surface area (Å²) in [5.74, 6) is -1.44. The SMILES string of the molecule is Cc1ccc(C(=O)NCCCC(N)=O)c(F)c1. The Morgan fingerprint density at radius 2 is 2.12 bits per heavy atom. The maximum absolute atomic E-state index is 13.4. The van der Waals surface area contributed by atoms with E-state index in [4.69, 9.17) is 5.73 Å². The molecule has 0 fully saturated rings. The summed E-state index contributed by atoms with van der Waals surface area (Å²) in [5, 5.41) is 2.53. The highest BCUT2D eigenvalue weighted by molar-refractivity contribution is 5.94. The first kappa shape index (κ1) is 13.2. The first-order valence-electron chi connectivity index (χ1n) is 5.33. The van der Waals surface area contributed by atoms with Crippen LogP contribution in [0.3, 0.4) is 0 Å². The van der Waals surface area contributed by atoms with Crippen LogP contribution in [0.15, 0.2) is 18.2 Å². The van der Waals surface area contributed by atoms with Crippen molar-refractivity contribution in [2.45, 2.75) is 19.8 Å². The van der Waals surface area contributed by atoms with E-state index in [0.29, 0.717) is 13.0 Å². The summed E-state index contributed by atoms with van der Waals surface area (Å²) in [5.41, 5.74) is 5.72. The highest BCUT2D eigenvalue weighted by Gasteiger charge is 2.10. The van der Waals surface area contributed by atoms with Gasteiger partial charge in [-0.15, -0.1) is 0 Å². The van der Waals surface area contributed by atoms with Crippen LogP contribution in [0.2, 0.25) is 0 Å². The van der Waals surface area contributed by atoms with E-state index in [2.05, 4.69) is 5.32 Å². The molecule has 0 saturated carbocycles. The molecular weight excluding hydrogens is 223 g/mol. The number of halogens is 1. The Bertz CT molecular complexity index is 433. The lowest BCUT2D eigenvalue weighted by Gasteiger charge is -2.05. The summed E-state index contributed by atoms with van der Waals surface area (Å²) >= 11 is 0. The number of benzene rings is 1. The minimum Gasteiger partial charge on any atom is -0.370 e. The van der Waals surface area contributed by atoms with E-state index in [9.17, 15) is 14.0 Å². The molecule has 1 rings (SSSR count). The van der Waals surface area contributed by atoms with Crippen LogP contribution >= 0.6 is 0 Å². The van der Waals surface area contributed by atoms with Crippen LogP contribution in [0.5, 0.6) is 0 Å². The van der Waals surface area contributed by atoms with Gasteiger partial charge in [-0.2, -0.15) is 0 Å². The van der Waals surface area contributed by atoms with Crippen LogP contribution in [-0.4, -0.2) is 18.4 Å². The van der Waals surface area contributed by atoms with Crippen LogP contribution in [0.1, 0.15) is 28.8 Å². The van der Waals surface area contributed by atoms with Gasteiger partial charge in [0.2, 0.25) is 5.91 Å². The third-order valence-corrected chi connectivity index (χ3v) is 2.25. The number of carbonyl (C=O) groups excluding carboxylic acids is 2. The monoisotopic (exact) mass is 238 g/mol. The second-order valence-corrected chi connectivity index (χ2v) is 3.81. The van der Waals surface area contributed by atoms with Crippen molar-refractivity contribution < 1.29 is 14.0 Å². The zero-order valence-electron chi connectivity index (χ0n) is 9.63. The summed E-state index contributed by atoms with van der Waals surface area (Å²) < 4.78 is 13.4. The molecule has 1 aromatic rings. The van der Waals surface area contributed by atoms with Gasteiger partial charge in [0.1, 0.15) is 5.82 Å². The van der Waals surface area contributed by atoms with Crippen molar-refractivity contribution in [3.8, 4) is 0 Å². The molecule has 17 heavy (non-hydrogen) atoms. The van der Waals surface area contributed by atoms with E-state index in [1.807, 2.05) is 0 Å². The molecule has 2 amide bonds. The molecule has 92 valence electrons. The normalized spacial score (nSPS) is 10.0. The number of hydrogen-bond donors (Lipinski definition) is 2. The van der Waals surface area contributed by atoms with Gasteiger partial charge in [0, 0.05) is 13.0 Å². The smallest absolute Gasteiger partial charge is 0.254 e. The number of aryl methyl sites for hydroxylation is 1. The third-order valence-electron chi connectivity index (χ3n) is 2.25. The number of hydrogen-bond acceptors (Lipinski definition) is 2. The number of nitrogens with one attached hydrogen (secondary N) is 1. The Morgan fingerprint density at radius 1 is 1.41 bits per heavy atom. The van der Waals surface area contributed by atoms with Gasteiger partial charge >= 0.3 is 0 Å². The number of amides is 2. The van der Waals surface area contributed by atoms with Crippen molar-refractivity contribution in [2.24, 2.45) is 5.73 Å². The Balaban J connectivity index is 2.50. The minimum absolute atomic E-state index is 0.00896. The van der Waals surface area contributed by atoms with E-state index in [-0.39, 0.29) is 12.0 Å². The van der Waals surface area contributed by atoms with Crippen LogP contribution in [0.25, 0.3) is 0 Å². The molecule has 4 nitrogen and oxygen atoms in total. The Labute approximate surface area is 99.0 Å². The van der Waals surface area contributed by atoms with Crippen LogP contribution < -0.4 is 11.1 Å². The summed E-state index contributed by atoms with van der Waals surface area (Å²) in [7, 11) is 0. The maximum Gasteiger partial charge on any atom is 0.254 e. The average molecular weight is 238 g/mol. The fraction of sp³-hybridized carbons (Fsp3) is 0.333. The molecule has 0 spiro atoms. The second-order valence-electron chi connectivity index (χ2n) is 3.81. The molecule has 0 heterocycles. The van der Waals surface area contributed by atoms with Gasteiger partial charge in [-0.1, -0.05) is 6.07 Å². The summed E-state index contributed by atoms with van der Waals surface area (Å²) in [4.78, 5) is 22.0. The Hall–Kier alpha value is -1.91. The van der Waals surface area contributed by atoms with Gasteiger partial charge in [0.15, 0.2) is 0 Å². The first-order valence-corrected chi connectivity index (χ1v) is 5.33. The fourth-order valence-corrected chi connectivity index (χ4v) is 1.36. The lowest BCUT2D eigenvalue weighted by atomic mass is 10.1. The number of rotatable bonds is 5. The lowest BCUT2D eigenvalue weighted by Crippen LogP contribution is -2.26. The predicted octanol–water partition coefficient (Wildman–Crippen LogP) is 1.13. The van der Waals surface area contributed by atoms with E-state index in [0.717, 1.165) is 5.56 Å². The van der Waals surface area contributed by atoms with Crippen LogP contribution in [-0.2, 0) is 4.79 Å². The van der Waals surface area contributed by atoms with Crippen molar-refractivity contribution in [3.63, 3.8) is 0 Å². The topological polar surface area (TPSA) is 72.2 Å². The molecule has 0 bridgehead atoms. The molecule has 0 aliphatic carbocycles. The maximum atomic E-state index is 13.4. The highest BCUT2D eigenvalue weighted by atomic mass is 19.1. The first-order chi connectivity index (χ1) is 8.00. The van der Waals surface area contributed by atoms with Gasteiger partial charge in [0.25, 0.3) is 5.91 Å². The summed E-state index contributed by atoms with van der Waals surface area (Å²) in [6.45, 7) is 2.05. The molecule has 1 aromatic carbocycles. The third kappa shape index (κ3) is 4.22. The molecule has 0 atom stereocenters. The van der Waals surface area contributed by atoms with E-state index in [1.165, 1.54) is 12.1 Å². The van der Waals surface area contributed by atoms with E-state index in [1.54, 1.807) is 13.0 Å². The molecular formula is C12H15FN2O2. The molecule has 0 aliphatic rings. The fourth-order valence-electron chi connectivity index (χ4n) is 1.36. The van der Waals surface area contributed by atoms with Crippen molar-refractivity contribution in [1.29, 1.82) is 0 Å². The molecule has 5 heteroatoms. The molecule has 0 saturated heterocycles. The molecule has 0 aliphatic heterocycles. The van der Waals surface area contributed by atoms with Crippen molar-refractivity contribution in [2.75, 3.05) is 6.54 Å². The molecule has 0 aromatic heterocycles. The van der Waals surface area contributed by atoms with Gasteiger partial charge in [-0.05, 0) is 31.0 Å². The number of nitrogens with two attached hydrogens (primary N) is 1. The van der Waals surface area contributed by atoms with Gasteiger partial charge in [-0.3, -0.25) is 9.59 Å². The van der Waals surface area contributed by atoms with Crippen molar-refractivity contribution in [3.05, 3.63) is 35.1 Å². The van der Waals surface area contributed by atoms with Crippen LogP contribution in [0.4, 0.5) is 4.39 Å². The predicted molar refractivity (Wildman–Crippen MR) is 61.9 cm³/mol. The van der Waals surface area contributed by atoms with E-state index >= 15 is 0 Å². The molecule has 0 radical (unpaired) electrons. The molecule has 3 N–H and O–H groups in total. The van der Waals surface area contributed by atoms with Gasteiger partial charge in [0.05, 0.1) is 5.56 Å². The van der Waals surface area contributed by atoms with Crippen molar-refractivity contribution in [1.82, 2.24) is 5.32 Å². The summed E-state index contributed by atoms with van der Waals surface area (Å²) in [6.07, 6.45) is 0.658. The quantitative estimate of drug-likeness (QED) is 0.755. The highest BCUT2D eigenvalue weighted by Crippen LogP contribution is 2.09. The lowest BCUT2D eigenvalue weighted by molar-refractivity contribution is -0.118.